The Bertz CT molecular complexity index is 978. The molecule has 1 fully saturated rings. The summed E-state index contributed by atoms with van der Waals surface area (Å²) in [6.07, 6.45) is 0. The van der Waals surface area contributed by atoms with E-state index in [1.54, 1.807) is 48.5 Å². The first kappa shape index (κ1) is 18.4. The minimum atomic E-state index is -0.966. The van der Waals surface area contributed by atoms with Crippen molar-refractivity contribution in [1.82, 2.24) is 5.01 Å². The highest BCUT2D eigenvalue weighted by Crippen LogP contribution is 2.32. The molecular formula is C18H13Cl2N5O3. The number of hydrogen-bond donors (Lipinski definition) is 1. The van der Waals surface area contributed by atoms with Crippen LogP contribution < -0.4 is 10.2 Å². The standard InChI is InChI=1S/C18H13Cl2N5O3/c19-10-1-5-12(6-2-10)21-14(26)9-24-16-15(22-23-24)17(27)25(18(16)28)13-7-3-11(20)4-8-13/h1-8,15-16H,9H2,(H,21,26). The summed E-state index contributed by atoms with van der Waals surface area (Å²) in [6.45, 7) is -0.221. The zero-order valence-corrected chi connectivity index (χ0v) is 15.8. The van der Waals surface area contributed by atoms with Gasteiger partial charge in [0, 0.05) is 15.7 Å². The summed E-state index contributed by atoms with van der Waals surface area (Å²) in [5, 5.41) is 12.7. The number of nitrogens with one attached hydrogen (secondary N) is 1. The molecule has 2 aromatic carbocycles. The normalized spacial score (nSPS) is 20.6. The number of halogens is 2. The van der Waals surface area contributed by atoms with Gasteiger partial charge >= 0.3 is 0 Å². The molecule has 0 bridgehead atoms. The van der Waals surface area contributed by atoms with Gasteiger partial charge in [-0.15, -0.1) is 0 Å². The van der Waals surface area contributed by atoms with Crippen molar-refractivity contribution >= 4 is 52.3 Å². The third kappa shape index (κ3) is 3.32. The third-order valence-corrected chi connectivity index (χ3v) is 4.88. The van der Waals surface area contributed by atoms with E-state index in [-0.39, 0.29) is 6.54 Å². The van der Waals surface area contributed by atoms with Crippen LogP contribution in [0.25, 0.3) is 0 Å². The molecule has 0 spiro atoms. The highest BCUT2D eigenvalue weighted by atomic mass is 35.5. The monoisotopic (exact) mass is 417 g/mol. The van der Waals surface area contributed by atoms with Gasteiger partial charge in [-0.25, -0.2) is 4.90 Å². The largest absolute Gasteiger partial charge is 0.324 e. The van der Waals surface area contributed by atoms with Crippen LogP contribution in [0.1, 0.15) is 0 Å². The van der Waals surface area contributed by atoms with Crippen LogP contribution in [-0.2, 0) is 14.4 Å². The Morgan fingerprint density at radius 1 is 0.964 bits per heavy atom. The third-order valence-electron chi connectivity index (χ3n) is 4.38. The summed E-state index contributed by atoms with van der Waals surface area (Å²) in [7, 11) is 0. The summed E-state index contributed by atoms with van der Waals surface area (Å²) < 4.78 is 0. The molecule has 2 heterocycles. The second kappa shape index (κ2) is 7.21. The maximum atomic E-state index is 12.8. The number of nitrogens with zero attached hydrogens (tertiary/aromatic N) is 4. The Hall–Kier alpha value is -2.97. The van der Waals surface area contributed by atoms with Crippen molar-refractivity contribution in [1.29, 1.82) is 0 Å². The zero-order valence-electron chi connectivity index (χ0n) is 14.3. The minimum absolute atomic E-state index is 0.221. The SMILES string of the molecule is O=C(CN1N=NC2C(=O)N(c3ccc(Cl)cc3)C(=O)C21)Nc1ccc(Cl)cc1. The van der Waals surface area contributed by atoms with Crippen LogP contribution in [0.15, 0.2) is 58.9 Å². The quantitative estimate of drug-likeness (QED) is 0.773. The summed E-state index contributed by atoms with van der Waals surface area (Å²) >= 11 is 11.7. The first-order valence-corrected chi connectivity index (χ1v) is 9.06. The average molecular weight is 418 g/mol. The van der Waals surface area contributed by atoms with Crippen molar-refractivity contribution in [3.63, 3.8) is 0 Å². The highest BCUT2D eigenvalue weighted by molar-refractivity contribution is 6.31. The van der Waals surface area contributed by atoms with E-state index in [9.17, 15) is 14.4 Å². The number of imide groups is 1. The molecule has 10 heteroatoms. The molecule has 1 N–H and O–H groups in total. The molecule has 0 aliphatic carbocycles. The topological polar surface area (TPSA) is 94.4 Å². The predicted octanol–water partition coefficient (Wildman–Crippen LogP) is 2.93. The summed E-state index contributed by atoms with van der Waals surface area (Å²) in [6, 6.07) is 11.0. The van der Waals surface area contributed by atoms with Gasteiger partial charge in [0.15, 0.2) is 12.1 Å². The lowest BCUT2D eigenvalue weighted by Crippen LogP contribution is -2.43. The molecule has 4 rings (SSSR count). The Labute approximate surface area is 169 Å². The molecule has 1 saturated heterocycles. The van der Waals surface area contributed by atoms with Gasteiger partial charge in [-0.05, 0) is 48.5 Å². The molecular weight excluding hydrogens is 405 g/mol. The molecule has 0 saturated carbocycles. The fourth-order valence-corrected chi connectivity index (χ4v) is 3.33. The lowest BCUT2D eigenvalue weighted by molar-refractivity contribution is -0.123. The molecule has 2 atom stereocenters. The average Bonchev–Trinajstić information content (AvgIpc) is 3.18. The summed E-state index contributed by atoms with van der Waals surface area (Å²) in [5.74, 6) is -1.37. The van der Waals surface area contributed by atoms with Crippen molar-refractivity contribution < 1.29 is 14.4 Å². The van der Waals surface area contributed by atoms with Gasteiger partial charge in [0.05, 0.1) is 5.69 Å². The van der Waals surface area contributed by atoms with Crippen molar-refractivity contribution in [3.05, 3.63) is 58.6 Å². The van der Waals surface area contributed by atoms with Gasteiger partial charge in [0.1, 0.15) is 6.54 Å². The molecule has 0 radical (unpaired) electrons. The molecule has 0 aromatic heterocycles. The van der Waals surface area contributed by atoms with Crippen LogP contribution in [0.3, 0.4) is 0 Å². The Balaban J connectivity index is 1.48. The highest BCUT2D eigenvalue weighted by Gasteiger charge is 2.55. The van der Waals surface area contributed by atoms with Gasteiger partial charge in [-0.1, -0.05) is 28.4 Å². The number of anilines is 2. The number of benzene rings is 2. The summed E-state index contributed by atoms with van der Waals surface area (Å²) in [5.41, 5.74) is 0.952. The van der Waals surface area contributed by atoms with Crippen LogP contribution in [0, 0.1) is 0 Å². The molecule has 142 valence electrons. The van der Waals surface area contributed by atoms with E-state index in [0.29, 0.717) is 21.4 Å². The van der Waals surface area contributed by atoms with Gasteiger partial charge < -0.3 is 5.32 Å². The van der Waals surface area contributed by atoms with Crippen molar-refractivity contribution in [2.24, 2.45) is 10.3 Å². The van der Waals surface area contributed by atoms with E-state index in [1.807, 2.05) is 0 Å². The number of amides is 3. The number of carbonyl (C=O) groups excluding carboxylic acids is 3. The van der Waals surface area contributed by atoms with E-state index in [4.69, 9.17) is 23.2 Å². The molecule has 2 aliphatic rings. The fraction of sp³-hybridized carbons (Fsp3) is 0.167. The van der Waals surface area contributed by atoms with Crippen LogP contribution >= 0.6 is 23.2 Å². The Morgan fingerprint density at radius 2 is 1.57 bits per heavy atom. The maximum Gasteiger partial charge on any atom is 0.263 e. The van der Waals surface area contributed by atoms with Crippen LogP contribution in [0.2, 0.25) is 10.0 Å². The Kier molecular flexibility index (Phi) is 4.74. The molecule has 2 aliphatic heterocycles. The molecule has 8 nitrogen and oxygen atoms in total. The molecule has 2 aromatic rings. The van der Waals surface area contributed by atoms with E-state index in [1.165, 1.54) is 5.01 Å². The molecule has 3 amide bonds. The number of rotatable bonds is 4. The number of fused-ring (bicyclic) bond motifs is 1. The molecule has 2 unspecified atom stereocenters. The second-order valence-corrected chi connectivity index (χ2v) is 7.11. The lowest BCUT2D eigenvalue weighted by Gasteiger charge is -2.20. The van der Waals surface area contributed by atoms with Gasteiger partial charge in [-0.2, -0.15) is 5.11 Å². The van der Waals surface area contributed by atoms with E-state index < -0.39 is 29.8 Å². The first-order chi connectivity index (χ1) is 13.4. The first-order valence-electron chi connectivity index (χ1n) is 8.30. The van der Waals surface area contributed by atoms with E-state index in [0.717, 1.165) is 4.90 Å². The summed E-state index contributed by atoms with van der Waals surface area (Å²) in [4.78, 5) is 38.8. The smallest absolute Gasteiger partial charge is 0.263 e. The van der Waals surface area contributed by atoms with Crippen molar-refractivity contribution in [2.75, 3.05) is 16.8 Å². The van der Waals surface area contributed by atoms with Crippen LogP contribution in [0.4, 0.5) is 11.4 Å². The zero-order chi connectivity index (χ0) is 19.8. The van der Waals surface area contributed by atoms with E-state index >= 15 is 0 Å². The predicted molar refractivity (Wildman–Crippen MR) is 103 cm³/mol. The van der Waals surface area contributed by atoms with Gasteiger partial charge in [0.2, 0.25) is 5.91 Å². The minimum Gasteiger partial charge on any atom is -0.324 e. The number of carbonyl (C=O) groups is 3. The fourth-order valence-electron chi connectivity index (χ4n) is 3.08. The molecule has 28 heavy (non-hydrogen) atoms. The van der Waals surface area contributed by atoms with E-state index in [2.05, 4.69) is 15.7 Å². The second-order valence-electron chi connectivity index (χ2n) is 6.24. The van der Waals surface area contributed by atoms with Crippen LogP contribution in [0.5, 0.6) is 0 Å². The lowest BCUT2D eigenvalue weighted by atomic mass is 10.1. The van der Waals surface area contributed by atoms with Gasteiger partial charge in [0.25, 0.3) is 11.8 Å². The van der Waals surface area contributed by atoms with Gasteiger partial charge in [-0.3, -0.25) is 19.4 Å². The van der Waals surface area contributed by atoms with Crippen molar-refractivity contribution in [3.8, 4) is 0 Å². The Morgan fingerprint density at radius 3 is 2.21 bits per heavy atom. The number of hydrogen-bond acceptors (Lipinski definition) is 6. The maximum absolute atomic E-state index is 12.8. The van der Waals surface area contributed by atoms with Crippen molar-refractivity contribution in [2.45, 2.75) is 12.1 Å². The van der Waals surface area contributed by atoms with Crippen LogP contribution in [-0.4, -0.2) is 41.4 Å².